The van der Waals surface area contributed by atoms with Crippen LogP contribution in [0.2, 0.25) is 0 Å². The normalized spacial score (nSPS) is 12.1. The standard InChI is InChI=1S/C18H15FN2O3/c1-10-7-8-12(9-14(10)19)18(23)24-11(2)16-20-15-6-4-3-5-13(15)17(22)21-16/h3-9,11H,1-2H3,(H,20,21,22)/t11-/m0/s1. The number of aromatic nitrogens is 2. The number of aromatic amines is 1. The number of benzene rings is 2. The fourth-order valence-electron chi connectivity index (χ4n) is 2.30. The van der Waals surface area contributed by atoms with Gasteiger partial charge in [0.1, 0.15) is 5.82 Å². The van der Waals surface area contributed by atoms with Crippen molar-refractivity contribution >= 4 is 16.9 Å². The highest BCUT2D eigenvalue weighted by Gasteiger charge is 2.17. The van der Waals surface area contributed by atoms with E-state index in [0.717, 1.165) is 6.07 Å². The number of halogens is 1. The molecule has 0 fully saturated rings. The van der Waals surface area contributed by atoms with Gasteiger partial charge in [-0.15, -0.1) is 0 Å². The Kier molecular flexibility index (Phi) is 4.12. The van der Waals surface area contributed by atoms with Crippen LogP contribution in [0, 0.1) is 12.7 Å². The van der Waals surface area contributed by atoms with Gasteiger partial charge in [-0.3, -0.25) is 4.79 Å². The lowest BCUT2D eigenvalue weighted by atomic mass is 10.1. The summed E-state index contributed by atoms with van der Waals surface area (Å²) >= 11 is 0. The summed E-state index contributed by atoms with van der Waals surface area (Å²) in [7, 11) is 0. The quantitative estimate of drug-likeness (QED) is 0.750. The molecule has 0 amide bonds. The number of nitrogens with one attached hydrogen (secondary N) is 1. The Balaban J connectivity index is 1.86. The molecule has 5 nitrogen and oxygen atoms in total. The van der Waals surface area contributed by atoms with E-state index < -0.39 is 17.9 Å². The Morgan fingerprint density at radius 3 is 2.75 bits per heavy atom. The van der Waals surface area contributed by atoms with Crippen molar-refractivity contribution in [2.75, 3.05) is 0 Å². The maximum atomic E-state index is 13.6. The Hall–Kier alpha value is -3.02. The average molecular weight is 326 g/mol. The first-order chi connectivity index (χ1) is 11.5. The third-order valence-electron chi connectivity index (χ3n) is 3.71. The monoisotopic (exact) mass is 326 g/mol. The zero-order chi connectivity index (χ0) is 17.3. The Labute approximate surface area is 137 Å². The van der Waals surface area contributed by atoms with E-state index in [4.69, 9.17) is 4.74 Å². The van der Waals surface area contributed by atoms with Crippen LogP contribution >= 0.6 is 0 Å². The van der Waals surface area contributed by atoms with Gasteiger partial charge in [0.05, 0.1) is 16.5 Å². The van der Waals surface area contributed by atoms with Crippen molar-refractivity contribution in [2.24, 2.45) is 0 Å². The molecule has 0 bridgehead atoms. The molecule has 2 aromatic carbocycles. The molecule has 0 saturated carbocycles. The van der Waals surface area contributed by atoms with Crippen LogP contribution in [0.15, 0.2) is 47.3 Å². The topological polar surface area (TPSA) is 72.0 Å². The van der Waals surface area contributed by atoms with Crippen LogP contribution in [0.25, 0.3) is 10.9 Å². The number of hydrogen-bond acceptors (Lipinski definition) is 4. The number of carbonyl (C=O) groups excluding carboxylic acids is 1. The third-order valence-corrected chi connectivity index (χ3v) is 3.71. The van der Waals surface area contributed by atoms with Crippen LogP contribution < -0.4 is 5.56 Å². The van der Waals surface area contributed by atoms with Gasteiger partial charge in [0.2, 0.25) is 0 Å². The van der Waals surface area contributed by atoms with E-state index in [1.54, 1.807) is 38.1 Å². The summed E-state index contributed by atoms with van der Waals surface area (Å²) in [4.78, 5) is 31.1. The van der Waals surface area contributed by atoms with Crippen LogP contribution in [0.5, 0.6) is 0 Å². The molecule has 1 heterocycles. The summed E-state index contributed by atoms with van der Waals surface area (Å²) in [5.74, 6) is -0.925. The predicted molar refractivity (Wildman–Crippen MR) is 87.3 cm³/mol. The van der Waals surface area contributed by atoms with Crippen molar-refractivity contribution in [1.29, 1.82) is 0 Å². The highest BCUT2D eigenvalue weighted by Crippen LogP contribution is 2.17. The lowest BCUT2D eigenvalue weighted by molar-refractivity contribution is 0.0319. The highest BCUT2D eigenvalue weighted by atomic mass is 19.1. The molecule has 0 aliphatic heterocycles. The molecule has 1 atom stereocenters. The van der Waals surface area contributed by atoms with Crippen molar-refractivity contribution in [1.82, 2.24) is 9.97 Å². The van der Waals surface area contributed by atoms with Gasteiger partial charge in [0.25, 0.3) is 5.56 Å². The Morgan fingerprint density at radius 2 is 2.00 bits per heavy atom. The van der Waals surface area contributed by atoms with Crippen molar-refractivity contribution in [3.8, 4) is 0 Å². The van der Waals surface area contributed by atoms with Crippen LogP contribution in [-0.4, -0.2) is 15.9 Å². The number of esters is 1. The number of nitrogens with zero attached hydrogens (tertiary/aromatic N) is 1. The van der Waals surface area contributed by atoms with E-state index in [9.17, 15) is 14.0 Å². The number of rotatable bonds is 3. The van der Waals surface area contributed by atoms with Gasteiger partial charge in [-0.25, -0.2) is 14.2 Å². The number of aryl methyl sites for hydroxylation is 1. The largest absolute Gasteiger partial charge is 0.451 e. The molecule has 1 aromatic heterocycles. The van der Waals surface area contributed by atoms with Gasteiger partial charge in [-0.2, -0.15) is 0 Å². The summed E-state index contributed by atoms with van der Waals surface area (Å²) in [6, 6.07) is 11.0. The second-order valence-electron chi connectivity index (χ2n) is 5.48. The molecule has 3 aromatic rings. The minimum absolute atomic E-state index is 0.105. The molecule has 0 radical (unpaired) electrons. The minimum atomic E-state index is -0.779. The molecule has 24 heavy (non-hydrogen) atoms. The van der Waals surface area contributed by atoms with Crippen molar-refractivity contribution in [3.05, 3.63) is 75.6 Å². The molecule has 122 valence electrons. The minimum Gasteiger partial charge on any atom is -0.451 e. The first kappa shape index (κ1) is 15.9. The SMILES string of the molecule is Cc1ccc(C(=O)O[C@@H](C)c2nc3ccccc3c(=O)[nH]2)cc1F. The van der Waals surface area contributed by atoms with E-state index in [1.165, 1.54) is 12.1 Å². The first-order valence-electron chi connectivity index (χ1n) is 7.42. The zero-order valence-electron chi connectivity index (χ0n) is 13.2. The Bertz CT molecular complexity index is 981. The van der Waals surface area contributed by atoms with Crippen molar-refractivity contribution in [2.45, 2.75) is 20.0 Å². The predicted octanol–water partition coefficient (Wildman–Crippen LogP) is 3.29. The van der Waals surface area contributed by atoms with Crippen molar-refractivity contribution < 1.29 is 13.9 Å². The number of carbonyl (C=O) groups is 1. The zero-order valence-corrected chi connectivity index (χ0v) is 13.2. The molecule has 6 heteroatoms. The lowest BCUT2D eigenvalue weighted by Gasteiger charge is -2.13. The van der Waals surface area contributed by atoms with Gasteiger partial charge in [-0.05, 0) is 43.7 Å². The fourth-order valence-corrected chi connectivity index (χ4v) is 2.30. The van der Waals surface area contributed by atoms with E-state index in [-0.39, 0.29) is 16.9 Å². The maximum absolute atomic E-state index is 13.6. The van der Waals surface area contributed by atoms with Crippen LogP contribution in [-0.2, 0) is 4.74 Å². The summed E-state index contributed by atoms with van der Waals surface area (Å²) in [6.45, 7) is 3.20. The van der Waals surface area contributed by atoms with Crippen LogP contribution in [0.4, 0.5) is 4.39 Å². The molecule has 0 spiro atoms. The number of para-hydroxylation sites is 1. The molecule has 3 rings (SSSR count). The van der Waals surface area contributed by atoms with Gasteiger partial charge in [0, 0.05) is 0 Å². The summed E-state index contributed by atoms with van der Waals surface area (Å²) < 4.78 is 18.8. The highest BCUT2D eigenvalue weighted by molar-refractivity contribution is 5.89. The molecule has 0 unspecified atom stereocenters. The first-order valence-corrected chi connectivity index (χ1v) is 7.42. The summed E-state index contributed by atoms with van der Waals surface area (Å²) in [5, 5.41) is 0.459. The van der Waals surface area contributed by atoms with Crippen molar-refractivity contribution in [3.63, 3.8) is 0 Å². The number of fused-ring (bicyclic) bond motifs is 1. The van der Waals surface area contributed by atoms with E-state index in [2.05, 4.69) is 9.97 Å². The number of hydrogen-bond donors (Lipinski definition) is 1. The van der Waals surface area contributed by atoms with Crippen LogP contribution in [0.3, 0.4) is 0 Å². The van der Waals surface area contributed by atoms with E-state index in [0.29, 0.717) is 16.5 Å². The molecule has 0 aliphatic carbocycles. The lowest BCUT2D eigenvalue weighted by Crippen LogP contribution is -2.17. The molecule has 0 aliphatic rings. The molecular weight excluding hydrogens is 311 g/mol. The molecular formula is C18H15FN2O3. The summed E-state index contributed by atoms with van der Waals surface area (Å²) in [5.41, 5.74) is 0.758. The average Bonchev–Trinajstić information content (AvgIpc) is 2.57. The van der Waals surface area contributed by atoms with E-state index >= 15 is 0 Å². The smallest absolute Gasteiger partial charge is 0.338 e. The number of H-pyrrole nitrogens is 1. The van der Waals surface area contributed by atoms with Gasteiger partial charge in [-0.1, -0.05) is 18.2 Å². The second-order valence-corrected chi connectivity index (χ2v) is 5.48. The summed E-state index contributed by atoms with van der Waals surface area (Å²) in [6.07, 6.45) is -0.779. The molecule has 0 saturated heterocycles. The third kappa shape index (κ3) is 3.03. The van der Waals surface area contributed by atoms with E-state index in [1.807, 2.05) is 0 Å². The fraction of sp³-hybridized carbons (Fsp3) is 0.167. The number of ether oxygens (including phenoxy) is 1. The molecule has 1 N–H and O–H groups in total. The van der Waals surface area contributed by atoms with Gasteiger partial charge >= 0.3 is 5.97 Å². The Morgan fingerprint density at radius 1 is 1.25 bits per heavy atom. The van der Waals surface area contributed by atoms with Crippen LogP contribution in [0.1, 0.15) is 34.8 Å². The van der Waals surface area contributed by atoms with Gasteiger partial charge < -0.3 is 9.72 Å². The maximum Gasteiger partial charge on any atom is 0.338 e. The van der Waals surface area contributed by atoms with Gasteiger partial charge in [0.15, 0.2) is 11.9 Å². The second kappa shape index (κ2) is 6.23.